The Bertz CT molecular complexity index is 469. The van der Waals surface area contributed by atoms with Crippen LogP contribution >= 0.6 is 0 Å². The van der Waals surface area contributed by atoms with Crippen LogP contribution in [0.4, 0.5) is 0 Å². The number of carbonyl (C=O) groups excluding carboxylic acids is 2. The smallest absolute Gasteiger partial charge is 0.224 e. The van der Waals surface area contributed by atoms with Gasteiger partial charge in [-0.3, -0.25) is 9.59 Å². The van der Waals surface area contributed by atoms with Crippen LogP contribution in [0, 0.1) is 6.92 Å². The van der Waals surface area contributed by atoms with Crippen molar-refractivity contribution in [2.45, 2.75) is 40.2 Å². The van der Waals surface area contributed by atoms with Crippen LogP contribution in [0.1, 0.15) is 31.9 Å². The number of benzene rings is 1. The lowest BCUT2D eigenvalue weighted by atomic mass is 10.1. The Morgan fingerprint density at radius 1 is 1.30 bits per heavy atom. The number of nitrogens with one attached hydrogen (secondary N) is 1. The third-order valence-corrected chi connectivity index (χ3v) is 3.15. The highest BCUT2D eigenvalue weighted by atomic mass is 16.2. The molecule has 1 aromatic carbocycles. The molecule has 0 aliphatic heterocycles. The van der Waals surface area contributed by atoms with Crippen LogP contribution in [0.25, 0.3) is 0 Å². The van der Waals surface area contributed by atoms with E-state index in [4.69, 9.17) is 0 Å². The van der Waals surface area contributed by atoms with Crippen molar-refractivity contribution in [2.75, 3.05) is 13.1 Å². The summed E-state index contributed by atoms with van der Waals surface area (Å²) in [5.41, 5.74) is 2.16. The largest absolute Gasteiger partial charge is 0.354 e. The van der Waals surface area contributed by atoms with Gasteiger partial charge in [-0.1, -0.05) is 29.8 Å². The molecule has 0 saturated heterocycles. The van der Waals surface area contributed by atoms with Gasteiger partial charge in [0, 0.05) is 26.1 Å². The molecule has 0 saturated carbocycles. The number of hydrogen-bond donors (Lipinski definition) is 1. The fourth-order valence-electron chi connectivity index (χ4n) is 2.17. The van der Waals surface area contributed by atoms with Crippen LogP contribution in [-0.2, 0) is 16.0 Å². The minimum Gasteiger partial charge on any atom is -0.354 e. The van der Waals surface area contributed by atoms with E-state index in [9.17, 15) is 9.59 Å². The number of nitrogens with zero attached hydrogens (tertiary/aromatic N) is 1. The summed E-state index contributed by atoms with van der Waals surface area (Å²) in [5, 5.41) is 2.86. The van der Waals surface area contributed by atoms with Gasteiger partial charge in [0.25, 0.3) is 0 Å². The highest BCUT2D eigenvalue weighted by Crippen LogP contribution is 2.04. The van der Waals surface area contributed by atoms with E-state index in [-0.39, 0.29) is 17.9 Å². The number of hydrogen-bond acceptors (Lipinski definition) is 2. The molecular weight excluding hydrogens is 252 g/mol. The summed E-state index contributed by atoms with van der Waals surface area (Å²) in [6.07, 6.45) is 0.378. The van der Waals surface area contributed by atoms with Crippen LogP contribution < -0.4 is 5.32 Å². The average molecular weight is 276 g/mol. The molecule has 2 amide bonds. The lowest BCUT2D eigenvalue weighted by Gasteiger charge is -2.25. The number of amides is 2. The normalized spacial score (nSPS) is 10.4. The second-order valence-corrected chi connectivity index (χ2v) is 5.32. The van der Waals surface area contributed by atoms with Gasteiger partial charge >= 0.3 is 0 Å². The zero-order chi connectivity index (χ0) is 15.1. The third kappa shape index (κ3) is 5.43. The van der Waals surface area contributed by atoms with Crippen LogP contribution in [-0.4, -0.2) is 35.8 Å². The summed E-state index contributed by atoms with van der Waals surface area (Å²) in [7, 11) is 0. The maximum absolute atomic E-state index is 11.8. The van der Waals surface area contributed by atoms with Crippen LogP contribution in [0.3, 0.4) is 0 Å². The fourth-order valence-corrected chi connectivity index (χ4v) is 2.17. The Morgan fingerprint density at radius 3 is 2.55 bits per heavy atom. The highest BCUT2D eigenvalue weighted by Gasteiger charge is 2.12. The lowest BCUT2D eigenvalue weighted by Crippen LogP contribution is -2.41. The minimum atomic E-state index is -0.0112. The Hall–Kier alpha value is -1.84. The second kappa shape index (κ2) is 7.68. The summed E-state index contributed by atoms with van der Waals surface area (Å²) < 4.78 is 0. The highest BCUT2D eigenvalue weighted by molar-refractivity contribution is 5.78. The van der Waals surface area contributed by atoms with E-state index in [1.54, 1.807) is 11.8 Å². The lowest BCUT2D eigenvalue weighted by molar-refractivity contribution is -0.131. The van der Waals surface area contributed by atoms with Gasteiger partial charge < -0.3 is 10.2 Å². The summed E-state index contributed by atoms with van der Waals surface area (Å²) in [4.78, 5) is 25.0. The van der Waals surface area contributed by atoms with Gasteiger partial charge in [-0.05, 0) is 26.3 Å². The Labute approximate surface area is 121 Å². The van der Waals surface area contributed by atoms with Gasteiger partial charge in [0.2, 0.25) is 11.8 Å². The van der Waals surface area contributed by atoms with Crippen molar-refractivity contribution in [3.8, 4) is 0 Å². The number of aryl methyl sites for hydroxylation is 1. The van der Waals surface area contributed by atoms with Crippen molar-refractivity contribution in [3.05, 3.63) is 35.4 Å². The van der Waals surface area contributed by atoms with Crippen molar-refractivity contribution >= 4 is 11.8 Å². The van der Waals surface area contributed by atoms with Gasteiger partial charge in [0.1, 0.15) is 0 Å². The molecular formula is C16H24N2O2. The number of rotatable bonds is 6. The Morgan fingerprint density at radius 2 is 2.00 bits per heavy atom. The molecule has 0 heterocycles. The van der Waals surface area contributed by atoms with E-state index in [1.807, 2.05) is 45.0 Å². The van der Waals surface area contributed by atoms with Crippen molar-refractivity contribution in [2.24, 2.45) is 0 Å². The van der Waals surface area contributed by atoms with Crippen molar-refractivity contribution in [1.29, 1.82) is 0 Å². The molecule has 0 bridgehead atoms. The first-order valence-corrected chi connectivity index (χ1v) is 6.99. The summed E-state index contributed by atoms with van der Waals surface area (Å²) in [6, 6.07) is 8.07. The summed E-state index contributed by atoms with van der Waals surface area (Å²) in [6.45, 7) is 8.53. The molecule has 0 aromatic heterocycles. The molecule has 0 atom stereocenters. The zero-order valence-corrected chi connectivity index (χ0v) is 12.8. The molecule has 0 fully saturated rings. The van der Waals surface area contributed by atoms with Crippen molar-refractivity contribution in [3.63, 3.8) is 0 Å². The first kappa shape index (κ1) is 16.2. The van der Waals surface area contributed by atoms with E-state index >= 15 is 0 Å². The molecule has 1 aromatic rings. The average Bonchev–Trinajstić information content (AvgIpc) is 2.33. The van der Waals surface area contributed by atoms with Crippen LogP contribution in [0.15, 0.2) is 24.3 Å². The monoisotopic (exact) mass is 276 g/mol. The quantitative estimate of drug-likeness (QED) is 0.863. The van der Waals surface area contributed by atoms with Gasteiger partial charge in [-0.25, -0.2) is 0 Å². The fraction of sp³-hybridized carbons (Fsp3) is 0.500. The molecule has 4 heteroatoms. The maximum atomic E-state index is 11.8. The molecule has 0 spiro atoms. The van der Waals surface area contributed by atoms with Gasteiger partial charge in [-0.2, -0.15) is 0 Å². The van der Waals surface area contributed by atoms with E-state index in [2.05, 4.69) is 5.32 Å². The van der Waals surface area contributed by atoms with E-state index in [0.29, 0.717) is 19.5 Å². The molecule has 20 heavy (non-hydrogen) atoms. The van der Waals surface area contributed by atoms with E-state index in [0.717, 1.165) is 11.1 Å². The first-order chi connectivity index (χ1) is 9.40. The molecule has 0 aliphatic carbocycles. The zero-order valence-electron chi connectivity index (χ0n) is 12.8. The standard InChI is InChI=1S/C16H24N2O2/c1-12(2)18(14(4)19)9-8-17-16(20)11-15-7-5-6-13(3)10-15/h5-7,10,12H,8-9,11H2,1-4H3,(H,17,20). The molecule has 1 N–H and O–H groups in total. The van der Waals surface area contributed by atoms with E-state index in [1.165, 1.54) is 0 Å². The summed E-state index contributed by atoms with van der Waals surface area (Å²) in [5.74, 6) is 0.0239. The van der Waals surface area contributed by atoms with Crippen LogP contribution in [0.5, 0.6) is 0 Å². The number of carbonyl (C=O) groups is 2. The molecule has 110 valence electrons. The van der Waals surface area contributed by atoms with Crippen LogP contribution in [0.2, 0.25) is 0 Å². The second-order valence-electron chi connectivity index (χ2n) is 5.32. The molecule has 0 radical (unpaired) electrons. The van der Waals surface area contributed by atoms with Crippen molar-refractivity contribution < 1.29 is 9.59 Å². The first-order valence-electron chi connectivity index (χ1n) is 6.99. The minimum absolute atomic E-state index is 0.0112. The van der Waals surface area contributed by atoms with Crippen molar-refractivity contribution in [1.82, 2.24) is 10.2 Å². The predicted octanol–water partition coefficient (Wildman–Crippen LogP) is 1.91. The van der Waals surface area contributed by atoms with Gasteiger partial charge in [-0.15, -0.1) is 0 Å². The van der Waals surface area contributed by atoms with E-state index < -0.39 is 0 Å². The predicted molar refractivity (Wildman–Crippen MR) is 80.4 cm³/mol. The maximum Gasteiger partial charge on any atom is 0.224 e. The molecule has 1 rings (SSSR count). The SMILES string of the molecule is CC(=O)N(CCNC(=O)Cc1cccc(C)c1)C(C)C. The summed E-state index contributed by atoms with van der Waals surface area (Å²) >= 11 is 0. The van der Waals surface area contributed by atoms with Gasteiger partial charge in [0.05, 0.1) is 6.42 Å². The molecule has 4 nitrogen and oxygen atoms in total. The van der Waals surface area contributed by atoms with Gasteiger partial charge in [0.15, 0.2) is 0 Å². The molecule has 0 unspecified atom stereocenters. The Kier molecular flexibility index (Phi) is 6.22. The Balaban J connectivity index is 2.38. The molecule has 0 aliphatic rings. The topological polar surface area (TPSA) is 49.4 Å². The third-order valence-electron chi connectivity index (χ3n) is 3.15.